The van der Waals surface area contributed by atoms with Crippen molar-refractivity contribution in [3.05, 3.63) is 27.9 Å². The standard InChI is InChI=1S/C10H14N2O4/c1-5(2)8(16-3)9-11-6(10(14)15)4-7(13)12-9/h4-5,8H,1-3H3,(H,14,15)(H,11,12,13). The SMILES string of the molecule is COC(c1nc(C(=O)O)cc(=O)[nH]1)C(C)C. The van der Waals surface area contributed by atoms with E-state index in [1.165, 1.54) is 7.11 Å². The van der Waals surface area contributed by atoms with Crippen LogP contribution in [-0.4, -0.2) is 28.2 Å². The summed E-state index contributed by atoms with van der Waals surface area (Å²) in [6.45, 7) is 3.78. The van der Waals surface area contributed by atoms with Gasteiger partial charge in [-0.2, -0.15) is 0 Å². The van der Waals surface area contributed by atoms with Crippen molar-refractivity contribution in [3.8, 4) is 0 Å². The maximum absolute atomic E-state index is 11.2. The lowest BCUT2D eigenvalue weighted by molar-refractivity contribution is 0.0560. The van der Waals surface area contributed by atoms with Crippen molar-refractivity contribution in [1.29, 1.82) is 0 Å². The van der Waals surface area contributed by atoms with Gasteiger partial charge in [0.1, 0.15) is 11.9 Å². The van der Waals surface area contributed by atoms with Crippen molar-refractivity contribution in [2.45, 2.75) is 20.0 Å². The number of hydrogen-bond donors (Lipinski definition) is 2. The fourth-order valence-corrected chi connectivity index (χ4v) is 1.42. The molecule has 2 N–H and O–H groups in total. The third-order valence-corrected chi connectivity index (χ3v) is 2.11. The lowest BCUT2D eigenvalue weighted by atomic mass is 10.1. The molecule has 0 radical (unpaired) electrons. The number of aromatic amines is 1. The van der Waals surface area contributed by atoms with E-state index in [2.05, 4.69) is 9.97 Å². The lowest BCUT2D eigenvalue weighted by Crippen LogP contribution is -2.21. The number of nitrogens with one attached hydrogen (secondary N) is 1. The third-order valence-electron chi connectivity index (χ3n) is 2.11. The number of H-pyrrole nitrogens is 1. The van der Waals surface area contributed by atoms with E-state index in [0.717, 1.165) is 6.07 Å². The molecule has 0 aliphatic carbocycles. The van der Waals surface area contributed by atoms with E-state index in [1.807, 2.05) is 13.8 Å². The molecule has 0 amide bonds. The summed E-state index contributed by atoms with van der Waals surface area (Å²) in [5.41, 5.74) is -0.772. The van der Waals surface area contributed by atoms with Crippen LogP contribution >= 0.6 is 0 Å². The van der Waals surface area contributed by atoms with Crippen LogP contribution in [0.25, 0.3) is 0 Å². The molecular weight excluding hydrogens is 212 g/mol. The van der Waals surface area contributed by atoms with Gasteiger partial charge < -0.3 is 14.8 Å². The molecule has 0 spiro atoms. The quantitative estimate of drug-likeness (QED) is 0.792. The van der Waals surface area contributed by atoms with Crippen molar-refractivity contribution in [1.82, 2.24) is 9.97 Å². The molecule has 1 unspecified atom stereocenters. The van der Waals surface area contributed by atoms with Crippen molar-refractivity contribution >= 4 is 5.97 Å². The molecule has 1 rings (SSSR count). The smallest absolute Gasteiger partial charge is 0.354 e. The van der Waals surface area contributed by atoms with Gasteiger partial charge >= 0.3 is 5.97 Å². The summed E-state index contributed by atoms with van der Waals surface area (Å²) in [5.74, 6) is -0.912. The molecule has 0 saturated carbocycles. The summed E-state index contributed by atoms with van der Waals surface area (Å²) in [4.78, 5) is 28.3. The molecule has 0 fully saturated rings. The Morgan fingerprint density at radius 1 is 1.56 bits per heavy atom. The van der Waals surface area contributed by atoms with Crippen LogP contribution in [0.5, 0.6) is 0 Å². The van der Waals surface area contributed by atoms with Crippen molar-refractivity contribution in [3.63, 3.8) is 0 Å². The van der Waals surface area contributed by atoms with Gasteiger partial charge in [-0.3, -0.25) is 4.79 Å². The number of carboxylic acid groups (broad SMARTS) is 1. The Bertz CT molecular complexity index is 439. The number of ether oxygens (including phenoxy) is 1. The number of hydrogen-bond acceptors (Lipinski definition) is 4. The van der Waals surface area contributed by atoms with Crippen LogP contribution in [0.2, 0.25) is 0 Å². The van der Waals surface area contributed by atoms with Crippen molar-refractivity contribution in [2.75, 3.05) is 7.11 Å². The molecule has 0 aromatic carbocycles. The zero-order valence-electron chi connectivity index (χ0n) is 9.35. The highest BCUT2D eigenvalue weighted by Gasteiger charge is 2.19. The molecule has 6 heteroatoms. The van der Waals surface area contributed by atoms with Gasteiger partial charge in [0.05, 0.1) is 0 Å². The molecule has 1 atom stereocenters. The first-order valence-electron chi connectivity index (χ1n) is 4.83. The topological polar surface area (TPSA) is 92.3 Å². The number of aromatic carboxylic acids is 1. The maximum atomic E-state index is 11.2. The average molecular weight is 226 g/mol. The van der Waals surface area contributed by atoms with E-state index < -0.39 is 17.6 Å². The highest BCUT2D eigenvalue weighted by atomic mass is 16.5. The van der Waals surface area contributed by atoms with Crippen LogP contribution in [0.3, 0.4) is 0 Å². The summed E-state index contributed by atoms with van der Waals surface area (Å²) < 4.78 is 5.16. The van der Waals surface area contributed by atoms with Crippen LogP contribution < -0.4 is 5.56 Å². The van der Waals surface area contributed by atoms with Gasteiger partial charge in [0.25, 0.3) is 5.56 Å². The molecular formula is C10H14N2O4. The molecule has 0 saturated heterocycles. The van der Waals surface area contributed by atoms with Crippen molar-refractivity contribution < 1.29 is 14.6 Å². The van der Waals surface area contributed by atoms with Gasteiger partial charge in [0.15, 0.2) is 5.69 Å². The minimum Gasteiger partial charge on any atom is -0.477 e. The second-order valence-electron chi connectivity index (χ2n) is 3.72. The Morgan fingerprint density at radius 2 is 2.19 bits per heavy atom. The third kappa shape index (κ3) is 2.66. The Morgan fingerprint density at radius 3 is 2.62 bits per heavy atom. The second kappa shape index (κ2) is 4.89. The minimum atomic E-state index is -1.23. The van der Waals surface area contributed by atoms with Gasteiger partial charge in [-0.15, -0.1) is 0 Å². The van der Waals surface area contributed by atoms with Gasteiger partial charge in [-0.1, -0.05) is 13.8 Å². The average Bonchev–Trinajstić information content (AvgIpc) is 2.17. The van der Waals surface area contributed by atoms with Crippen LogP contribution in [-0.2, 0) is 4.74 Å². The summed E-state index contributed by atoms with van der Waals surface area (Å²) in [5, 5.41) is 8.77. The number of nitrogens with zero attached hydrogens (tertiary/aromatic N) is 1. The van der Waals surface area contributed by atoms with Gasteiger partial charge in [-0.25, -0.2) is 9.78 Å². The first kappa shape index (κ1) is 12.4. The monoisotopic (exact) mass is 226 g/mol. The van der Waals surface area contributed by atoms with E-state index in [0.29, 0.717) is 0 Å². The van der Waals surface area contributed by atoms with E-state index in [9.17, 15) is 9.59 Å². The predicted molar refractivity (Wildman–Crippen MR) is 56.4 cm³/mol. The lowest BCUT2D eigenvalue weighted by Gasteiger charge is -2.17. The summed E-state index contributed by atoms with van der Waals surface area (Å²) in [6.07, 6.45) is -0.424. The Balaban J connectivity index is 3.23. The molecule has 0 aliphatic heterocycles. The fraction of sp³-hybridized carbons (Fsp3) is 0.500. The van der Waals surface area contributed by atoms with Gasteiger partial charge in [0.2, 0.25) is 0 Å². The van der Waals surface area contributed by atoms with E-state index in [1.54, 1.807) is 0 Å². The van der Waals surface area contributed by atoms with Crippen LogP contribution in [0.15, 0.2) is 10.9 Å². The van der Waals surface area contributed by atoms with E-state index >= 15 is 0 Å². The molecule has 1 aromatic rings. The molecule has 1 heterocycles. The number of methoxy groups -OCH3 is 1. The Labute approximate surface area is 92.3 Å². The normalized spacial score (nSPS) is 12.8. The molecule has 0 bridgehead atoms. The van der Waals surface area contributed by atoms with Gasteiger partial charge in [-0.05, 0) is 5.92 Å². The van der Waals surface area contributed by atoms with E-state index in [4.69, 9.17) is 9.84 Å². The largest absolute Gasteiger partial charge is 0.477 e. The zero-order chi connectivity index (χ0) is 12.3. The Hall–Kier alpha value is -1.69. The highest BCUT2D eigenvalue weighted by Crippen LogP contribution is 2.20. The number of rotatable bonds is 4. The summed E-state index contributed by atoms with van der Waals surface area (Å²) in [6, 6.07) is 0.943. The van der Waals surface area contributed by atoms with Crippen LogP contribution in [0.4, 0.5) is 0 Å². The van der Waals surface area contributed by atoms with Crippen molar-refractivity contribution in [2.24, 2.45) is 5.92 Å². The zero-order valence-corrected chi connectivity index (χ0v) is 9.35. The van der Waals surface area contributed by atoms with Gasteiger partial charge in [0, 0.05) is 13.2 Å². The minimum absolute atomic E-state index is 0.0807. The molecule has 88 valence electrons. The first-order valence-corrected chi connectivity index (χ1v) is 4.83. The molecule has 6 nitrogen and oxygen atoms in total. The first-order chi connectivity index (χ1) is 7.45. The summed E-state index contributed by atoms with van der Waals surface area (Å²) in [7, 11) is 1.48. The molecule has 16 heavy (non-hydrogen) atoms. The van der Waals surface area contributed by atoms with Crippen LogP contribution in [0, 0.1) is 5.92 Å². The fourth-order valence-electron chi connectivity index (χ4n) is 1.42. The number of carboxylic acids is 1. The number of aromatic nitrogens is 2. The van der Waals surface area contributed by atoms with E-state index in [-0.39, 0.29) is 17.4 Å². The molecule has 0 aliphatic rings. The number of carbonyl (C=O) groups is 1. The second-order valence-corrected chi connectivity index (χ2v) is 3.72. The Kier molecular flexibility index (Phi) is 3.78. The maximum Gasteiger partial charge on any atom is 0.354 e. The molecule has 1 aromatic heterocycles. The summed E-state index contributed by atoms with van der Waals surface area (Å²) >= 11 is 0. The van der Waals surface area contributed by atoms with Crippen LogP contribution in [0.1, 0.15) is 36.3 Å². The highest BCUT2D eigenvalue weighted by molar-refractivity contribution is 5.85. The predicted octanol–water partition coefficient (Wildman–Crippen LogP) is 0.812.